The molecule has 0 radical (unpaired) electrons. The van der Waals surface area contributed by atoms with Gasteiger partial charge in [-0.25, -0.2) is 4.39 Å². The van der Waals surface area contributed by atoms with Gasteiger partial charge in [-0.15, -0.1) is 0 Å². The lowest BCUT2D eigenvalue weighted by Crippen LogP contribution is -2.59. The van der Waals surface area contributed by atoms with Gasteiger partial charge in [-0.3, -0.25) is 0 Å². The van der Waals surface area contributed by atoms with Crippen LogP contribution in [0, 0.1) is 6.92 Å². The molecule has 0 fully saturated rings. The maximum Gasteiger partial charge on any atom is 0.457 e. The Morgan fingerprint density at radius 3 is 1.74 bits per heavy atom. The van der Waals surface area contributed by atoms with Gasteiger partial charge in [-0.2, -0.15) is 35.1 Å². The third kappa shape index (κ3) is 3.26. The Morgan fingerprint density at radius 2 is 1.35 bits per heavy atom. The molecule has 0 spiro atoms. The molecular formula is C13H11F9O. The number of alkyl halides is 9. The van der Waals surface area contributed by atoms with E-state index < -0.39 is 29.5 Å². The SMILES string of the molecule is COCc1cc(C)cc(C(F)(C(F)(F)F)C(F)(F)C(F)(F)F)c1. The Balaban J connectivity index is 3.69. The van der Waals surface area contributed by atoms with E-state index in [0.717, 1.165) is 14.0 Å². The number of hydrogen-bond donors (Lipinski definition) is 0. The first-order chi connectivity index (χ1) is 10.2. The van der Waals surface area contributed by atoms with Crippen molar-refractivity contribution in [2.24, 2.45) is 0 Å². The summed E-state index contributed by atoms with van der Waals surface area (Å²) in [7, 11) is 1.12. The number of ether oxygens (including phenoxy) is 1. The molecule has 0 N–H and O–H groups in total. The minimum absolute atomic E-state index is 0.126. The number of methoxy groups -OCH3 is 1. The van der Waals surface area contributed by atoms with Crippen LogP contribution in [0.25, 0.3) is 0 Å². The summed E-state index contributed by atoms with van der Waals surface area (Å²) in [6.07, 6.45) is -13.2. The van der Waals surface area contributed by atoms with E-state index in [1.54, 1.807) is 0 Å². The lowest BCUT2D eigenvalue weighted by molar-refractivity contribution is -0.389. The van der Waals surface area contributed by atoms with E-state index in [1.165, 1.54) is 6.07 Å². The predicted molar refractivity (Wildman–Crippen MR) is 61.7 cm³/mol. The van der Waals surface area contributed by atoms with Gasteiger partial charge in [0.15, 0.2) is 0 Å². The Labute approximate surface area is 125 Å². The topological polar surface area (TPSA) is 9.23 Å². The quantitative estimate of drug-likeness (QED) is 0.687. The highest BCUT2D eigenvalue weighted by Crippen LogP contribution is 2.58. The summed E-state index contributed by atoms with van der Waals surface area (Å²) >= 11 is 0. The summed E-state index contributed by atoms with van der Waals surface area (Å²) in [5.74, 6) is -6.67. The van der Waals surface area contributed by atoms with E-state index in [9.17, 15) is 39.5 Å². The second-order valence-electron chi connectivity index (χ2n) is 4.87. The molecule has 0 aliphatic heterocycles. The normalized spacial score (nSPS) is 16.3. The third-order valence-electron chi connectivity index (χ3n) is 3.03. The Bertz CT molecular complexity index is 562. The van der Waals surface area contributed by atoms with Gasteiger partial charge in [0.25, 0.3) is 0 Å². The highest BCUT2D eigenvalue weighted by atomic mass is 19.4. The molecule has 0 heterocycles. The molecule has 0 saturated heterocycles. The first-order valence-electron chi connectivity index (χ1n) is 5.98. The molecule has 132 valence electrons. The van der Waals surface area contributed by atoms with Gasteiger partial charge in [0, 0.05) is 12.7 Å². The zero-order chi connectivity index (χ0) is 18.3. The van der Waals surface area contributed by atoms with Crippen LogP contribution < -0.4 is 0 Å². The predicted octanol–water partition coefficient (Wildman–Crippen LogP) is 5.07. The monoisotopic (exact) mass is 354 g/mol. The summed E-state index contributed by atoms with van der Waals surface area (Å²) in [5, 5.41) is 0. The van der Waals surface area contributed by atoms with Crippen LogP contribution in [0.15, 0.2) is 18.2 Å². The zero-order valence-electron chi connectivity index (χ0n) is 11.7. The molecular weight excluding hydrogens is 343 g/mol. The molecule has 23 heavy (non-hydrogen) atoms. The Hall–Kier alpha value is -1.45. The molecule has 1 nitrogen and oxygen atoms in total. The average Bonchev–Trinajstić information content (AvgIpc) is 2.34. The summed E-state index contributed by atoms with van der Waals surface area (Å²) in [4.78, 5) is 0. The van der Waals surface area contributed by atoms with Gasteiger partial charge >= 0.3 is 23.9 Å². The summed E-state index contributed by atoms with van der Waals surface area (Å²) in [6, 6.07) is 1.76. The lowest BCUT2D eigenvalue weighted by atomic mass is 9.86. The van der Waals surface area contributed by atoms with Crippen LogP contribution in [0.5, 0.6) is 0 Å². The molecule has 0 aromatic heterocycles. The Kier molecular flexibility index (Phi) is 5.01. The Morgan fingerprint density at radius 1 is 0.826 bits per heavy atom. The van der Waals surface area contributed by atoms with Crippen LogP contribution in [0.4, 0.5) is 39.5 Å². The number of halogens is 9. The fraction of sp³-hybridized carbons (Fsp3) is 0.538. The van der Waals surface area contributed by atoms with E-state index in [4.69, 9.17) is 0 Å². The molecule has 1 rings (SSSR count). The first kappa shape index (κ1) is 19.6. The molecule has 0 aliphatic rings. The van der Waals surface area contributed by atoms with E-state index >= 15 is 0 Å². The third-order valence-corrected chi connectivity index (χ3v) is 3.03. The van der Waals surface area contributed by atoms with E-state index in [1.807, 2.05) is 0 Å². The van der Waals surface area contributed by atoms with E-state index in [2.05, 4.69) is 4.74 Å². The molecule has 0 aliphatic carbocycles. The number of aryl methyl sites for hydroxylation is 1. The van der Waals surface area contributed by atoms with Gasteiger partial charge < -0.3 is 4.74 Å². The van der Waals surface area contributed by atoms with Crippen LogP contribution >= 0.6 is 0 Å². The van der Waals surface area contributed by atoms with Gasteiger partial charge in [-0.1, -0.05) is 17.7 Å². The minimum atomic E-state index is -6.73. The van der Waals surface area contributed by atoms with Crippen LogP contribution in [0.1, 0.15) is 16.7 Å². The molecule has 1 atom stereocenters. The van der Waals surface area contributed by atoms with E-state index in [-0.39, 0.29) is 23.8 Å². The van der Waals surface area contributed by atoms with Gasteiger partial charge in [0.1, 0.15) is 0 Å². The van der Waals surface area contributed by atoms with Crippen molar-refractivity contribution in [3.05, 3.63) is 34.9 Å². The lowest BCUT2D eigenvalue weighted by Gasteiger charge is -2.36. The van der Waals surface area contributed by atoms with Crippen molar-refractivity contribution in [1.82, 2.24) is 0 Å². The maximum absolute atomic E-state index is 14.3. The van der Waals surface area contributed by atoms with Crippen molar-refractivity contribution in [2.45, 2.75) is 37.5 Å². The van der Waals surface area contributed by atoms with Crippen molar-refractivity contribution in [2.75, 3.05) is 7.11 Å². The number of rotatable bonds is 4. The van der Waals surface area contributed by atoms with Crippen molar-refractivity contribution in [3.63, 3.8) is 0 Å². The van der Waals surface area contributed by atoms with E-state index in [0.29, 0.717) is 6.07 Å². The summed E-state index contributed by atoms with van der Waals surface area (Å²) < 4.78 is 121. The second kappa shape index (κ2) is 5.88. The van der Waals surface area contributed by atoms with Crippen molar-refractivity contribution in [1.29, 1.82) is 0 Å². The average molecular weight is 354 g/mol. The number of hydrogen-bond acceptors (Lipinski definition) is 1. The van der Waals surface area contributed by atoms with Gasteiger partial charge in [-0.05, 0) is 18.6 Å². The highest BCUT2D eigenvalue weighted by Gasteiger charge is 2.81. The molecule has 1 unspecified atom stereocenters. The molecule has 0 saturated carbocycles. The van der Waals surface area contributed by atoms with Crippen LogP contribution in [0.2, 0.25) is 0 Å². The van der Waals surface area contributed by atoms with Crippen molar-refractivity contribution in [3.8, 4) is 0 Å². The first-order valence-corrected chi connectivity index (χ1v) is 5.98. The standard InChI is InChI=1S/C13H11F9O/c1-7-3-8(6-23-2)5-9(4-7)10(14,12(17,18)19)11(15,16)13(20,21)22/h3-5H,6H2,1-2H3. The molecule has 0 amide bonds. The summed E-state index contributed by atoms with van der Waals surface area (Å²) in [5.41, 5.74) is -8.06. The molecule has 10 heteroatoms. The van der Waals surface area contributed by atoms with Crippen molar-refractivity contribution < 1.29 is 44.3 Å². The molecule has 1 aromatic rings. The fourth-order valence-corrected chi connectivity index (χ4v) is 2.03. The number of benzene rings is 1. The van der Waals surface area contributed by atoms with Crippen LogP contribution in [0.3, 0.4) is 0 Å². The largest absolute Gasteiger partial charge is 0.457 e. The van der Waals surface area contributed by atoms with Gasteiger partial charge in [0.2, 0.25) is 0 Å². The molecule has 0 bridgehead atoms. The second-order valence-corrected chi connectivity index (χ2v) is 4.87. The minimum Gasteiger partial charge on any atom is -0.380 e. The highest BCUT2D eigenvalue weighted by molar-refractivity contribution is 5.36. The summed E-state index contributed by atoms with van der Waals surface area (Å²) in [6.45, 7) is 0.741. The zero-order valence-corrected chi connectivity index (χ0v) is 11.7. The molecule has 1 aromatic carbocycles. The smallest absolute Gasteiger partial charge is 0.380 e. The van der Waals surface area contributed by atoms with Crippen molar-refractivity contribution >= 4 is 0 Å². The van der Waals surface area contributed by atoms with Crippen LogP contribution in [-0.4, -0.2) is 25.4 Å². The van der Waals surface area contributed by atoms with Crippen LogP contribution in [-0.2, 0) is 17.0 Å². The fourth-order valence-electron chi connectivity index (χ4n) is 2.03. The van der Waals surface area contributed by atoms with Gasteiger partial charge in [0.05, 0.1) is 6.61 Å². The maximum atomic E-state index is 14.3.